The smallest absolute Gasteiger partial charge is 0.128 e. The van der Waals surface area contributed by atoms with Crippen LogP contribution < -0.4 is 11.1 Å². The van der Waals surface area contributed by atoms with Crippen molar-refractivity contribution in [3.8, 4) is 0 Å². The average Bonchev–Trinajstić information content (AvgIpc) is 2.34. The van der Waals surface area contributed by atoms with Crippen molar-refractivity contribution in [2.45, 2.75) is 19.9 Å². The molecule has 18 heavy (non-hydrogen) atoms. The minimum atomic E-state index is 0.0820. The van der Waals surface area contributed by atoms with Crippen LogP contribution in [0.2, 0.25) is 0 Å². The molecule has 0 bridgehead atoms. The van der Waals surface area contributed by atoms with Crippen LogP contribution in [0.4, 0.5) is 5.82 Å². The Morgan fingerprint density at radius 3 is 2.61 bits per heavy atom. The maximum atomic E-state index is 6.02. The van der Waals surface area contributed by atoms with Gasteiger partial charge in [-0.1, -0.05) is 29.8 Å². The van der Waals surface area contributed by atoms with E-state index in [1.807, 2.05) is 13.1 Å². The van der Waals surface area contributed by atoms with Gasteiger partial charge in [-0.3, -0.25) is 0 Å². The Morgan fingerprint density at radius 1 is 1.22 bits per heavy atom. The van der Waals surface area contributed by atoms with Crippen molar-refractivity contribution >= 4 is 5.82 Å². The fraction of sp³-hybridized carbons (Fsp3) is 0.267. The number of nitrogen functional groups attached to an aromatic ring is 1. The molecule has 2 rings (SSSR count). The molecule has 3 N–H and O–H groups in total. The second-order valence-electron chi connectivity index (χ2n) is 4.56. The maximum Gasteiger partial charge on any atom is 0.128 e. The van der Waals surface area contributed by atoms with Gasteiger partial charge in [-0.2, -0.15) is 0 Å². The van der Waals surface area contributed by atoms with Crippen molar-refractivity contribution in [3.63, 3.8) is 0 Å². The van der Waals surface area contributed by atoms with Crippen molar-refractivity contribution in [1.82, 2.24) is 10.3 Å². The third kappa shape index (κ3) is 2.36. The van der Waals surface area contributed by atoms with Gasteiger partial charge in [-0.25, -0.2) is 4.98 Å². The lowest BCUT2D eigenvalue weighted by atomic mass is 9.95. The number of anilines is 1. The second-order valence-corrected chi connectivity index (χ2v) is 4.56. The van der Waals surface area contributed by atoms with Crippen LogP contribution in [-0.2, 0) is 0 Å². The van der Waals surface area contributed by atoms with Gasteiger partial charge in [0.25, 0.3) is 0 Å². The molecule has 0 amide bonds. The van der Waals surface area contributed by atoms with Crippen LogP contribution in [0.1, 0.15) is 28.3 Å². The minimum Gasteiger partial charge on any atom is -0.383 e. The Labute approximate surface area is 108 Å². The number of nitrogens with one attached hydrogen (secondary N) is 1. The highest BCUT2D eigenvalue weighted by Gasteiger charge is 2.17. The fourth-order valence-electron chi connectivity index (χ4n) is 2.29. The van der Waals surface area contributed by atoms with Crippen molar-refractivity contribution in [1.29, 1.82) is 0 Å². The lowest BCUT2D eigenvalue weighted by molar-refractivity contribution is 0.686. The molecule has 1 aromatic carbocycles. The normalized spacial score (nSPS) is 12.4. The number of nitrogens with two attached hydrogens (primary N) is 1. The predicted molar refractivity (Wildman–Crippen MR) is 75.5 cm³/mol. The summed E-state index contributed by atoms with van der Waals surface area (Å²) in [6, 6.07) is 10.5. The summed E-state index contributed by atoms with van der Waals surface area (Å²) in [5, 5.41) is 3.32. The molecule has 1 aromatic heterocycles. The molecule has 0 saturated heterocycles. The van der Waals surface area contributed by atoms with E-state index in [1.165, 1.54) is 11.1 Å². The number of aryl methyl sites for hydroxylation is 2. The quantitative estimate of drug-likeness (QED) is 0.868. The number of rotatable bonds is 3. The number of nitrogens with zero attached hydrogens (tertiary/aromatic N) is 1. The molecule has 0 saturated carbocycles. The van der Waals surface area contributed by atoms with E-state index in [-0.39, 0.29) is 6.04 Å². The van der Waals surface area contributed by atoms with Gasteiger partial charge in [0, 0.05) is 11.8 Å². The van der Waals surface area contributed by atoms with E-state index in [4.69, 9.17) is 5.73 Å². The maximum absolute atomic E-state index is 6.02. The van der Waals surface area contributed by atoms with Crippen LogP contribution in [0.5, 0.6) is 0 Å². The van der Waals surface area contributed by atoms with E-state index in [1.54, 1.807) is 6.20 Å². The summed E-state index contributed by atoms with van der Waals surface area (Å²) in [5.74, 6) is 0.593. The Hall–Kier alpha value is -1.87. The molecule has 2 aromatic rings. The standard InChI is InChI=1S/C15H19N3/c1-10-5-4-6-12(9-10)14(17-3)13-11(2)7-8-18-15(13)16/h4-9,14,17H,1-3H3,(H2,16,18). The summed E-state index contributed by atoms with van der Waals surface area (Å²) in [7, 11) is 1.94. The topological polar surface area (TPSA) is 50.9 Å². The van der Waals surface area contributed by atoms with Crippen molar-refractivity contribution in [2.75, 3.05) is 12.8 Å². The molecule has 0 fully saturated rings. The molecular weight excluding hydrogens is 222 g/mol. The van der Waals surface area contributed by atoms with E-state index in [9.17, 15) is 0 Å². The van der Waals surface area contributed by atoms with Gasteiger partial charge in [0.05, 0.1) is 6.04 Å². The fourth-order valence-corrected chi connectivity index (χ4v) is 2.29. The summed E-state index contributed by atoms with van der Waals surface area (Å²) >= 11 is 0. The van der Waals surface area contributed by atoms with Crippen molar-refractivity contribution in [3.05, 3.63) is 58.8 Å². The first kappa shape index (κ1) is 12.6. The largest absolute Gasteiger partial charge is 0.383 e. The van der Waals surface area contributed by atoms with Gasteiger partial charge < -0.3 is 11.1 Å². The van der Waals surface area contributed by atoms with Crippen LogP contribution in [0.25, 0.3) is 0 Å². The zero-order chi connectivity index (χ0) is 13.1. The van der Waals surface area contributed by atoms with Gasteiger partial charge in [0.15, 0.2) is 0 Å². The predicted octanol–water partition coefficient (Wildman–Crippen LogP) is 2.59. The lowest BCUT2D eigenvalue weighted by Gasteiger charge is -2.21. The van der Waals surface area contributed by atoms with Gasteiger partial charge in [-0.15, -0.1) is 0 Å². The highest BCUT2D eigenvalue weighted by atomic mass is 14.9. The highest BCUT2D eigenvalue weighted by Crippen LogP contribution is 2.28. The molecule has 1 atom stereocenters. The molecule has 94 valence electrons. The van der Waals surface area contributed by atoms with Gasteiger partial charge in [-0.05, 0) is 38.1 Å². The SMILES string of the molecule is CNC(c1cccc(C)c1)c1c(C)ccnc1N. The lowest BCUT2D eigenvalue weighted by Crippen LogP contribution is -2.20. The van der Waals surface area contributed by atoms with E-state index in [0.29, 0.717) is 5.82 Å². The number of aromatic nitrogens is 1. The molecule has 1 unspecified atom stereocenters. The molecule has 1 heterocycles. The van der Waals surface area contributed by atoms with Crippen molar-refractivity contribution in [2.24, 2.45) is 0 Å². The zero-order valence-electron chi connectivity index (χ0n) is 11.1. The zero-order valence-corrected chi connectivity index (χ0v) is 11.1. The summed E-state index contributed by atoms with van der Waals surface area (Å²) in [6.45, 7) is 4.16. The highest BCUT2D eigenvalue weighted by molar-refractivity contribution is 5.50. The summed E-state index contributed by atoms with van der Waals surface area (Å²) in [4.78, 5) is 4.19. The number of benzene rings is 1. The number of hydrogen-bond donors (Lipinski definition) is 2. The number of hydrogen-bond acceptors (Lipinski definition) is 3. The van der Waals surface area contributed by atoms with Crippen LogP contribution in [-0.4, -0.2) is 12.0 Å². The van der Waals surface area contributed by atoms with E-state index in [0.717, 1.165) is 11.1 Å². The van der Waals surface area contributed by atoms with Crippen molar-refractivity contribution < 1.29 is 0 Å². The Bertz CT molecular complexity index is 529. The second kappa shape index (κ2) is 5.19. The first-order chi connectivity index (χ1) is 8.63. The molecule has 3 nitrogen and oxygen atoms in total. The van der Waals surface area contributed by atoms with E-state index in [2.05, 4.69) is 48.4 Å². The molecule has 0 spiro atoms. The van der Waals surface area contributed by atoms with Gasteiger partial charge >= 0.3 is 0 Å². The Balaban J connectivity index is 2.52. The number of pyridine rings is 1. The summed E-state index contributed by atoms with van der Waals surface area (Å²) < 4.78 is 0. The van der Waals surface area contributed by atoms with Crippen LogP contribution in [0, 0.1) is 13.8 Å². The molecule has 3 heteroatoms. The van der Waals surface area contributed by atoms with Gasteiger partial charge in [0.1, 0.15) is 5.82 Å². The Morgan fingerprint density at radius 2 is 2.00 bits per heavy atom. The Kier molecular flexibility index (Phi) is 3.63. The molecule has 0 aliphatic carbocycles. The summed E-state index contributed by atoms with van der Waals surface area (Å²) in [6.07, 6.45) is 1.75. The minimum absolute atomic E-state index is 0.0820. The molecule has 0 radical (unpaired) electrons. The third-order valence-electron chi connectivity index (χ3n) is 3.19. The monoisotopic (exact) mass is 241 g/mol. The molecular formula is C15H19N3. The van der Waals surface area contributed by atoms with E-state index < -0.39 is 0 Å². The first-order valence-corrected chi connectivity index (χ1v) is 6.08. The van der Waals surface area contributed by atoms with Crippen LogP contribution >= 0.6 is 0 Å². The van der Waals surface area contributed by atoms with Crippen LogP contribution in [0.15, 0.2) is 36.5 Å². The summed E-state index contributed by atoms with van der Waals surface area (Å²) in [5.41, 5.74) is 10.7. The first-order valence-electron chi connectivity index (χ1n) is 6.08. The molecule has 0 aliphatic heterocycles. The van der Waals surface area contributed by atoms with Gasteiger partial charge in [0.2, 0.25) is 0 Å². The average molecular weight is 241 g/mol. The van der Waals surface area contributed by atoms with E-state index >= 15 is 0 Å². The molecule has 0 aliphatic rings. The van der Waals surface area contributed by atoms with Crippen LogP contribution in [0.3, 0.4) is 0 Å². The third-order valence-corrected chi connectivity index (χ3v) is 3.19.